The predicted molar refractivity (Wildman–Crippen MR) is 95.8 cm³/mol. The van der Waals surface area contributed by atoms with Crippen molar-refractivity contribution >= 4 is 6.03 Å². The normalized spacial score (nSPS) is 21.8. The molecule has 134 valence electrons. The second-order valence-corrected chi connectivity index (χ2v) is 6.90. The first-order valence-corrected chi connectivity index (χ1v) is 8.76. The SMILES string of the molecule is C[C@H](Cn1cncn1)NC(=O)N[C@H]1CN(Cc2ccccc2)C[C@H]1C. The lowest BCUT2D eigenvalue weighted by Gasteiger charge is -2.20. The van der Waals surface area contributed by atoms with Gasteiger partial charge in [0.2, 0.25) is 0 Å². The average Bonchev–Trinajstić information content (AvgIpc) is 3.18. The summed E-state index contributed by atoms with van der Waals surface area (Å²) in [6.45, 7) is 7.55. The molecule has 2 heterocycles. The lowest BCUT2D eigenvalue weighted by atomic mass is 10.1. The molecule has 0 saturated carbocycles. The van der Waals surface area contributed by atoms with E-state index in [1.165, 1.54) is 11.9 Å². The second kappa shape index (κ2) is 8.11. The summed E-state index contributed by atoms with van der Waals surface area (Å²) in [5.74, 6) is 0.431. The molecule has 2 amide bonds. The molecule has 2 N–H and O–H groups in total. The third-order valence-electron chi connectivity index (χ3n) is 4.56. The molecule has 25 heavy (non-hydrogen) atoms. The quantitative estimate of drug-likeness (QED) is 0.834. The summed E-state index contributed by atoms with van der Waals surface area (Å²) in [6, 6.07) is 10.5. The van der Waals surface area contributed by atoms with Crippen LogP contribution in [0, 0.1) is 5.92 Å². The Labute approximate surface area is 148 Å². The first-order valence-electron chi connectivity index (χ1n) is 8.76. The van der Waals surface area contributed by atoms with Crippen LogP contribution in [-0.4, -0.2) is 50.9 Å². The maximum Gasteiger partial charge on any atom is 0.315 e. The number of nitrogens with zero attached hydrogens (tertiary/aromatic N) is 4. The molecule has 1 saturated heterocycles. The number of amides is 2. The zero-order valence-electron chi connectivity index (χ0n) is 14.8. The van der Waals surface area contributed by atoms with Gasteiger partial charge in [0.25, 0.3) is 0 Å². The number of hydrogen-bond donors (Lipinski definition) is 2. The summed E-state index contributed by atoms with van der Waals surface area (Å²) in [7, 11) is 0. The van der Waals surface area contributed by atoms with Crippen LogP contribution in [0.25, 0.3) is 0 Å². The fourth-order valence-electron chi connectivity index (χ4n) is 3.31. The molecule has 3 rings (SSSR count). The lowest BCUT2D eigenvalue weighted by molar-refractivity contribution is 0.230. The summed E-state index contributed by atoms with van der Waals surface area (Å²) in [5, 5.41) is 10.1. The van der Waals surface area contributed by atoms with Crippen molar-refractivity contribution in [3.8, 4) is 0 Å². The van der Waals surface area contributed by atoms with Crippen molar-refractivity contribution in [2.75, 3.05) is 13.1 Å². The number of hydrogen-bond acceptors (Lipinski definition) is 4. The highest BCUT2D eigenvalue weighted by Crippen LogP contribution is 2.18. The highest BCUT2D eigenvalue weighted by atomic mass is 16.2. The number of nitrogens with one attached hydrogen (secondary N) is 2. The molecule has 0 radical (unpaired) electrons. The zero-order chi connectivity index (χ0) is 17.6. The van der Waals surface area contributed by atoms with Crippen molar-refractivity contribution < 1.29 is 4.79 Å². The van der Waals surface area contributed by atoms with Gasteiger partial charge in [-0.25, -0.2) is 9.78 Å². The monoisotopic (exact) mass is 342 g/mol. The minimum absolute atomic E-state index is 0.0150. The number of benzene rings is 1. The van der Waals surface area contributed by atoms with Gasteiger partial charge in [-0.1, -0.05) is 37.3 Å². The zero-order valence-corrected chi connectivity index (χ0v) is 14.8. The Morgan fingerprint density at radius 3 is 2.84 bits per heavy atom. The van der Waals surface area contributed by atoms with Crippen LogP contribution < -0.4 is 10.6 Å². The summed E-state index contributed by atoms with van der Waals surface area (Å²) < 4.78 is 1.71. The Morgan fingerprint density at radius 1 is 1.32 bits per heavy atom. The minimum Gasteiger partial charge on any atom is -0.334 e. The van der Waals surface area contributed by atoms with Gasteiger partial charge in [0.1, 0.15) is 12.7 Å². The number of aromatic nitrogens is 3. The summed E-state index contributed by atoms with van der Waals surface area (Å²) in [6.07, 6.45) is 3.14. The van der Waals surface area contributed by atoms with E-state index in [9.17, 15) is 4.79 Å². The van der Waals surface area contributed by atoms with Gasteiger partial charge in [0.05, 0.1) is 6.54 Å². The molecule has 1 aliphatic rings. The Kier molecular flexibility index (Phi) is 5.65. The number of carbonyl (C=O) groups is 1. The molecule has 7 nitrogen and oxygen atoms in total. The van der Waals surface area contributed by atoms with Gasteiger partial charge in [0, 0.05) is 31.7 Å². The number of carbonyl (C=O) groups excluding carboxylic acids is 1. The van der Waals surface area contributed by atoms with E-state index in [4.69, 9.17) is 0 Å². The molecule has 0 unspecified atom stereocenters. The third-order valence-corrected chi connectivity index (χ3v) is 4.56. The fourth-order valence-corrected chi connectivity index (χ4v) is 3.31. The van der Waals surface area contributed by atoms with Crippen molar-refractivity contribution in [1.82, 2.24) is 30.3 Å². The number of rotatable bonds is 6. The summed E-state index contributed by atoms with van der Waals surface area (Å²) in [5.41, 5.74) is 1.31. The van der Waals surface area contributed by atoms with Gasteiger partial charge in [0.15, 0.2) is 0 Å². The first-order chi connectivity index (χ1) is 12.1. The van der Waals surface area contributed by atoms with Crippen molar-refractivity contribution in [3.05, 3.63) is 48.5 Å². The highest BCUT2D eigenvalue weighted by molar-refractivity contribution is 5.74. The Morgan fingerprint density at radius 2 is 2.12 bits per heavy atom. The Balaban J connectivity index is 1.45. The summed E-state index contributed by atoms with van der Waals surface area (Å²) in [4.78, 5) is 18.6. The first kappa shape index (κ1) is 17.4. The Hall–Kier alpha value is -2.41. The predicted octanol–water partition coefficient (Wildman–Crippen LogP) is 1.49. The van der Waals surface area contributed by atoms with Crippen molar-refractivity contribution in [1.29, 1.82) is 0 Å². The van der Waals surface area contributed by atoms with Crippen LogP contribution in [-0.2, 0) is 13.1 Å². The van der Waals surface area contributed by atoms with E-state index in [0.29, 0.717) is 12.5 Å². The van der Waals surface area contributed by atoms with Gasteiger partial charge in [-0.3, -0.25) is 9.58 Å². The van der Waals surface area contributed by atoms with Gasteiger partial charge >= 0.3 is 6.03 Å². The molecule has 7 heteroatoms. The molecule has 2 aromatic rings. The van der Waals surface area contributed by atoms with E-state index in [0.717, 1.165) is 19.6 Å². The van der Waals surface area contributed by atoms with Gasteiger partial charge in [-0.15, -0.1) is 0 Å². The van der Waals surface area contributed by atoms with Gasteiger partial charge in [-0.2, -0.15) is 5.10 Å². The number of urea groups is 1. The van der Waals surface area contributed by atoms with E-state index in [2.05, 4.69) is 56.8 Å². The van der Waals surface area contributed by atoms with Gasteiger partial charge in [-0.05, 0) is 18.4 Å². The molecule has 0 spiro atoms. The molecule has 0 aliphatic carbocycles. The van der Waals surface area contributed by atoms with Crippen LogP contribution in [0.5, 0.6) is 0 Å². The molecule has 0 bridgehead atoms. The van der Waals surface area contributed by atoms with E-state index in [1.54, 1.807) is 11.0 Å². The largest absolute Gasteiger partial charge is 0.334 e. The van der Waals surface area contributed by atoms with Gasteiger partial charge < -0.3 is 10.6 Å². The fraction of sp³-hybridized carbons (Fsp3) is 0.500. The van der Waals surface area contributed by atoms with Crippen molar-refractivity contribution in [2.24, 2.45) is 5.92 Å². The van der Waals surface area contributed by atoms with Crippen LogP contribution in [0.1, 0.15) is 19.4 Å². The second-order valence-electron chi connectivity index (χ2n) is 6.90. The standard InChI is InChI=1S/C18H26N6O/c1-14-8-23(10-16-6-4-3-5-7-16)11-17(14)22-18(25)21-15(2)9-24-13-19-12-20-24/h3-7,12-15,17H,8-11H2,1-2H3,(H2,21,22,25)/t14-,15-,17+/m1/s1. The van der Waals surface area contributed by atoms with Crippen molar-refractivity contribution in [2.45, 2.75) is 39.0 Å². The molecule has 1 aromatic heterocycles. The molecular weight excluding hydrogens is 316 g/mol. The van der Waals surface area contributed by atoms with Crippen LogP contribution in [0.3, 0.4) is 0 Å². The maximum atomic E-state index is 12.3. The summed E-state index contributed by atoms with van der Waals surface area (Å²) >= 11 is 0. The molecular formula is C18H26N6O. The van der Waals surface area contributed by atoms with Crippen LogP contribution in [0.4, 0.5) is 4.79 Å². The topological polar surface area (TPSA) is 75.1 Å². The minimum atomic E-state index is -0.119. The molecule has 1 aromatic carbocycles. The average molecular weight is 342 g/mol. The van der Waals surface area contributed by atoms with E-state index >= 15 is 0 Å². The maximum absolute atomic E-state index is 12.3. The van der Waals surface area contributed by atoms with Crippen LogP contribution in [0.2, 0.25) is 0 Å². The van der Waals surface area contributed by atoms with E-state index in [-0.39, 0.29) is 18.1 Å². The van der Waals surface area contributed by atoms with Crippen LogP contribution in [0.15, 0.2) is 43.0 Å². The number of likely N-dealkylation sites (tertiary alicyclic amines) is 1. The van der Waals surface area contributed by atoms with Crippen molar-refractivity contribution in [3.63, 3.8) is 0 Å². The smallest absolute Gasteiger partial charge is 0.315 e. The molecule has 1 aliphatic heterocycles. The van der Waals surface area contributed by atoms with E-state index in [1.807, 2.05) is 13.0 Å². The molecule has 1 fully saturated rings. The molecule has 3 atom stereocenters. The lowest BCUT2D eigenvalue weighted by Crippen LogP contribution is -2.48. The third kappa shape index (κ3) is 5.03. The highest BCUT2D eigenvalue weighted by Gasteiger charge is 2.30. The Bertz CT molecular complexity index is 659. The van der Waals surface area contributed by atoms with E-state index < -0.39 is 0 Å². The van der Waals surface area contributed by atoms with Crippen LogP contribution >= 0.6 is 0 Å².